The van der Waals surface area contributed by atoms with Crippen LogP contribution in [0.25, 0.3) is 0 Å². The van der Waals surface area contributed by atoms with Crippen molar-refractivity contribution in [3.63, 3.8) is 0 Å². The summed E-state index contributed by atoms with van der Waals surface area (Å²) in [5.74, 6) is 0. The molecule has 0 fully saturated rings. The van der Waals surface area contributed by atoms with E-state index < -0.39 is 0 Å². The monoisotopic (exact) mass is 180 g/mol. The highest BCUT2D eigenvalue weighted by molar-refractivity contribution is 5.65. The van der Waals surface area contributed by atoms with Crippen molar-refractivity contribution >= 4 is 18.8 Å². The van der Waals surface area contributed by atoms with Crippen molar-refractivity contribution in [3.05, 3.63) is 11.8 Å². The molecule has 0 radical (unpaired) electrons. The zero-order valence-corrected chi connectivity index (χ0v) is 8.36. The first kappa shape index (κ1) is 11.6. The molecule has 0 amide bonds. The maximum atomic E-state index is 4.03. The highest BCUT2D eigenvalue weighted by atomic mass is 15.2. The second kappa shape index (κ2) is 8.64. The lowest BCUT2D eigenvalue weighted by Crippen LogP contribution is -2.07. The average molecular weight is 180 g/mol. The highest BCUT2D eigenvalue weighted by Gasteiger charge is 1.77. The van der Waals surface area contributed by atoms with Crippen molar-refractivity contribution in [3.8, 4) is 0 Å². The van der Waals surface area contributed by atoms with E-state index in [-0.39, 0.29) is 0 Å². The van der Waals surface area contributed by atoms with E-state index >= 15 is 0 Å². The molecule has 0 saturated carbocycles. The summed E-state index contributed by atoms with van der Waals surface area (Å²) in [6.07, 6.45) is 6.89. The molecule has 0 atom stereocenters. The Labute approximate surface area is 79.2 Å². The van der Waals surface area contributed by atoms with Crippen LogP contribution in [0.4, 0.5) is 0 Å². The van der Waals surface area contributed by atoms with Crippen molar-refractivity contribution in [2.24, 2.45) is 15.2 Å². The number of hydrogen-bond donors (Lipinski definition) is 1. The number of allylic oxidation sites excluding steroid dienone is 2. The fraction of sp³-hybridized carbons (Fsp3) is 0.444. The molecule has 0 aromatic carbocycles. The van der Waals surface area contributed by atoms with Gasteiger partial charge in [0.05, 0.1) is 12.9 Å². The van der Waals surface area contributed by atoms with E-state index in [2.05, 4.69) is 20.5 Å². The van der Waals surface area contributed by atoms with Gasteiger partial charge in [-0.1, -0.05) is 6.08 Å². The third-order valence-corrected chi connectivity index (χ3v) is 1.27. The molecule has 72 valence electrons. The summed E-state index contributed by atoms with van der Waals surface area (Å²) in [6, 6.07) is 0. The Balaban J connectivity index is 3.53. The van der Waals surface area contributed by atoms with Crippen LogP contribution in [-0.4, -0.2) is 25.3 Å². The predicted octanol–water partition coefficient (Wildman–Crippen LogP) is 1.60. The Morgan fingerprint density at radius 1 is 1.31 bits per heavy atom. The van der Waals surface area contributed by atoms with Crippen molar-refractivity contribution in [2.75, 3.05) is 6.54 Å². The number of hydrogen-bond acceptors (Lipinski definition) is 3. The first-order chi connectivity index (χ1) is 6.31. The number of aliphatic imine (C=N–C) groups is 1. The first-order valence-corrected chi connectivity index (χ1v) is 4.18. The Bertz CT molecular complexity index is 226. The van der Waals surface area contributed by atoms with E-state index in [1.54, 1.807) is 18.8 Å². The standard InChI is InChI=1S/C9H16N4/c1-4-9(3)11-8-10-6-7-13-12-5-2/h4-5,7-8H,6H2,1-3H3,(H,10,11)/b9-4?,12-5?,13-7-. The van der Waals surface area contributed by atoms with Gasteiger partial charge in [-0.15, -0.1) is 0 Å². The summed E-state index contributed by atoms with van der Waals surface area (Å²) in [5.41, 5.74) is 1.08. The molecule has 0 heterocycles. The van der Waals surface area contributed by atoms with Gasteiger partial charge in [0, 0.05) is 18.1 Å². The SMILES string of the molecule is CC=N/N=C\CN=CNC(C)=CC. The summed E-state index contributed by atoms with van der Waals surface area (Å²) in [4.78, 5) is 4.03. The second-order valence-corrected chi connectivity index (χ2v) is 2.28. The van der Waals surface area contributed by atoms with Crippen molar-refractivity contribution in [1.82, 2.24) is 5.32 Å². The number of nitrogens with one attached hydrogen (secondary N) is 1. The molecule has 0 aromatic heterocycles. The van der Waals surface area contributed by atoms with Gasteiger partial charge in [-0.25, -0.2) is 0 Å². The van der Waals surface area contributed by atoms with Crippen molar-refractivity contribution in [1.29, 1.82) is 0 Å². The zero-order valence-electron chi connectivity index (χ0n) is 8.36. The molecule has 4 nitrogen and oxygen atoms in total. The van der Waals surface area contributed by atoms with E-state index in [9.17, 15) is 0 Å². The van der Waals surface area contributed by atoms with E-state index in [1.165, 1.54) is 0 Å². The van der Waals surface area contributed by atoms with Crippen LogP contribution in [0.2, 0.25) is 0 Å². The van der Waals surface area contributed by atoms with Crippen molar-refractivity contribution in [2.45, 2.75) is 20.8 Å². The molecule has 0 rings (SSSR count). The minimum atomic E-state index is 0.543. The lowest BCUT2D eigenvalue weighted by Gasteiger charge is -1.95. The number of rotatable bonds is 5. The normalized spacial score (nSPS) is 13.6. The van der Waals surface area contributed by atoms with Gasteiger partial charge in [-0.2, -0.15) is 10.2 Å². The third-order valence-electron chi connectivity index (χ3n) is 1.27. The maximum Gasteiger partial charge on any atom is 0.0869 e. The van der Waals surface area contributed by atoms with Gasteiger partial charge in [0.1, 0.15) is 0 Å². The molecule has 0 bridgehead atoms. The average Bonchev–Trinajstić information content (AvgIpc) is 2.16. The molecule has 0 spiro atoms. The van der Waals surface area contributed by atoms with Crippen LogP contribution in [0.5, 0.6) is 0 Å². The summed E-state index contributed by atoms with van der Waals surface area (Å²) < 4.78 is 0. The molecular formula is C9H16N4. The molecule has 0 aliphatic rings. The third kappa shape index (κ3) is 8.46. The van der Waals surface area contributed by atoms with Crippen molar-refractivity contribution < 1.29 is 0 Å². The van der Waals surface area contributed by atoms with E-state index in [0.29, 0.717) is 6.54 Å². The lowest BCUT2D eigenvalue weighted by atomic mass is 10.5. The molecule has 0 aliphatic carbocycles. The fourth-order valence-electron chi connectivity index (χ4n) is 0.481. The Morgan fingerprint density at radius 2 is 2.08 bits per heavy atom. The molecule has 13 heavy (non-hydrogen) atoms. The molecule has 0 saturated heterocycles. The Hall–Kier alpha value is -1.45. The lowest BCUT2D eigenvalue weighted by molar-refractivity contribution is 1.11. The van der Waals surface area contributed by atoms with Gasteiger partial charge < -0.3 is 5.32 Å². The van der Waals surface area contributed by atoms with Crippen LogP contribution in [0.1, 0.15) is 20.8 Å². The van der Waals surface area contributed by atoms with E-state index in [4.69, 9.17) is 0 Å². The minimum Gasteiger partial charge on any atom is -0.351 e. The minimum absolute atomic E-state index is 0.543. The first-order valence-electron chi connectivity index (χ1n) is 4.18. The Kier molecular flexibility index (Phi) is 7.68. The van der Waals surface area contributed by atoms with E-state index in [1.807, 2.05) is 26.8 Å². The van der Waals surface area contributed by atoms with E-state index in [0.717, 1.165) is 5.70 Å². The maximum absolute atomic E-state index is 4.03. The summed E-state index contributed by atoms with van der Waals surface area (Å²) >= 11 is 0. The van der Waals surface area contributed by atoms with Crippen LogP contribution < -0.4 is 5.32 Å². The van der Waals surface area contributed by atoms with Crippen LogP contribution in [0.3, 0.4) is 0 Å². The highest BCUT2D eigenvalue weighted by Crippen LogP contribution is 1.80. The molecular weight excluding hydrogens is 164 g/mol. The predicted molar refractivity (Wildman–Crippen MR) is 58.6 cm³/mol. The van der Waals surface area contributed by atoms with Crippen LogP contribution in [0, 0.1) is 0 Å². The molecule has 0 aliphatic heterocycles. The van der Waals surface area contributed by atoms with Gasteiger partial charge in [-0.3, -0.25) is 4.99 Å². The summed E-state index contributed by atoms with van der Waals surface area (Å²) in [7, 11) is 0. The van der Waals surface area contributed by atoms with Gasteiger partial charge >= 0.3 is 0 Å². The largest absolute Gasteiger partial charge is 0.351 e. The summed E-state index contributed by atoms with van der Waals surface area (Å²) in [6.45, 7) is 6.30. The van der Waals surface area contributed by atoms with Crippen LogP contribution in [0.15, 0.2) is 27.0 Å². The zero-order chi connectivity index (χ0) is 9.94. The van der Waals surface area contributed by atoms with Gasteiger partial charge in [0.2, 0.25) is 0 Å². The summed E-state index contributed by atoms with van der Waals surface area (Å²) in [5, 5.41) is 10.4. The fourth-order valence-corrected chi connectivity index (χ4v) is 0.481. The molecule has 0 aromatic rings. The van der Waals surface area contributed by atoms with Crippen LogP contribution >= 0.6 is 0 Å². The van der Waals surface area contributed by atoms with Crippen LogP contribution in [-0.2, 0) is 0 Å². The smallest absolute Gasteiger partial charge is 0.0869 e. The molecule has 4 heteroatoms. The molecule has 0 unspecified atom stereocenters. The quantitative estimate of drug-likeness (QED) is 0.390. The molecule has 1 N–H and O–H groups in total. The van der Waals surface area contributed by atoms with Gasteiger partial charge in [0.25, 0.3) is 0 Å². The second-order valence-electron chi connectivity index (χ2n) is 2.28. The Morgan fingerprint density at radius 3 is 2.69 bits per heavy atom. The number of nitrogens with zero attached hydrogens (tertiary/aromatic N) is 3. The topological polar surface area (TPSA) is 49.1 Å². The van der Waals surface area contributed by atoms with Gasteiger partial charge in [0.15, 0.2) is 0 Å². The van der Waals surface area contributed by atoms with Gasteiger partial charge in [-0.05, 0) is 20.8 Å².